The fourth-order valence-electron chi connectivity index (χ4n) is 1.73. The number of amides is 2. The Kier molecular flexibility index (Phi) is 6.96. The van der Waals surface area contributed by atoms with Crippen LogP contribution < -0.4 is 15.6 Å². The van der Waals surface area contributed by atoms with Gasteiger partial charge in [-0.3, -0.25) is 20.4 Å². The van der Waals surface area contributed by atoms with Crippen molar-refractivity contribution in [3.05, 3.63) is 59.1 Å². The Hall–Kier alpha value is -2.18. The van der Waals surface area contributed by atoms with E-state index in [4.69, 9.17) is 16.3 Å². The molecule has 0 bridgehead atoms. The number of carbonyl (C=O) groups is 2. The average molecular weight is 365 g/mol. The van der Waals surface area contributed by atoms with Crippen LogP contribution >= 0.6 is 23.4 Å². The molecule has 24 heavy (non-hydrogen) atoms. The van der Waals surface area contributed by atoms with Gasteiger partial charge in [-0.05, 0) is 42.8 Å². The highest BCUT2D eigenvalue weighted by atomic mass is 35.5. The van der Waals surface area contributed by atoms with Gasteiger partial charge in [0.1, 0.15) is 5.75 Å². The quantitative estimate of drug-likeness (QED) is 0.611. The second-order valence-corrected chi connectivity index (χ2v) is 6.35. The molecule has 0 atom stereocenters. The van der Waals surface area contributed by atoms with E-state index in [1.54, 1.807) is 18.2 Å². The summed E-state index contributed by atoms with van der Waals surface area (Å²) in [5.74, 6) is 0.0138. The summed E-state index contributed by atoms with van der Waals surface area (Å²) in [7, 11) is 0. The van der Waals surface area contributed by atoms with Gasteiger partial charge in [-0.2, -0.15) is 0 Å². The van der Waals surface area contributed by atoms with Gasteiger partial charge in [0, 0.05) is 9.92 Å². The molecule has 0 saturated heterocycles. The first-order valence-corrected chi connectivity index (χ1v) is 8.55. The third kappa shape index (κ3) is 6.14. The van der Waals surface area contributed by atoms with Crippen LogP contribution in [-0.4, -0.2) is 24.2 Å². The normalized spacial score (nSPS) is 10.1. The first-order chi connectivity index (χ1) is 11.5. The molecule has 0 spiro atoms. The summed E-state index contributed by atoms with van der Waals surface area (Å²) in [6, 6.07) is 14.7. The number of benzene rings is 2. The van der Waals surface area contributed by atoms with E-state index >= 15 is 0 Å². The number of halogens is 1. The standard InChI is InChI=1S/C17H17ClN2O3S/c1-12-9-13(7-8-15(12)18)23-10-16(21)19-20-17(22)11-24-14-5-3-2-4-6-14/h2-9H,10-11H2,1H3,(H,19,21)(H,20,22). The molecule has 2 aromatic carbocycles. The van der Waals surface area contributed by atoms with E-state index in [2.05, 4.69) is 10.9 Å². The van der Waals surface area contributed by atoms with Crippen LogP contribution in [0.2, 0.25) is 5.02 Å². The van der Waals surface area contributed by atoms with Crippen molar-refractivity contribution in [2.75, 3.05) is 12.4 Å². The molecule has 2 aromatic rings. The third-order valence-corrected chi connectivity index (χ3v) is 4.39. The lowest BCUT2D eigenvalue weighted by Gasteiger charge is -2.09. The predicted octanol–water partition coefficient (Wildman–Crippen LogP) is 2.97. The molecule has 2 amide bonds. The molecule has 0 aliphatic carbocycles. The summed E-state index contributed by atoms with van der Waals surface area (Å²) in [5.41, 5.74) is 5.52. The minimum absolute atomic E-state index is 0.201. The van der Waals surface area contributed by atoms with Crippen molar-refractivity contribution in [3.8, 4) is 5.75 Å². The number of hydrogen-bond acceptors (Lipinski definition) is 4. The van der Waals surface area contributed by atoms with Crippen molar-refractivity contribution in [3.63, 3.8) is 0 Å². The second-order valence-electron chi connectivity index (χ2n) is 4.90. The number of hydrazine groups is 1. The van der Waals surface area contributed by atoms with Crippen molar-refractivity contribution in [2.45, 2.75) is 11.8 Å². The van der Waals surface area contributed by atoms with Crippen LogP contribution in [0, 0.1) is 6.92 Å². The first kappa shape index (κ1) is 18.2. The summed E-state index contributed by atoms with van der Waals surface area (Å²) in [4.78, 5) is 24.3. The highest BCUT2D eigenvalue weighted by Crippen LogP contribution is 2.20. The van der Waals surface area contributed by atoms with Crippen LogP contribution in [0.4, 0.5) is 0 Å². The van der Waals surface area contributed by atoms with Gasteiger partial charge in [0.25, 0.3) is 5.91 Å². The Morgan fingerprint density at radius 3 is 2.50 bits per heavy atom. The van der Waals surface area contributed by atoms with Gasteiger partial charge in [0.05, 0.1) is 5.75 Å². The van der Waals surface area contributed by atoms with E-state index in [-0.39, 0.29) is 18.3 Å². The summed E-state index contributed by atoms with van der Waals surface area (Å²) < 4.78 is 5.34. The zero-order valence-electron chi connectivity index (χ0n) is 13.0. The Balaban J connectivity index is 1.67. The van der Waals surface area contributed by atoms with Gasteiger partial charge in [-0.1, -0.05) is 29.8 Å². The predicted molar refractivity (Wildman–Crippen MR) is 95.1 cm³/mol. The monoisotopic (exact) mass is 364 g/mol. The van der Waals surface area contributed by atoms with E-state index in [1.807, 2.05) is 37.3 Å². The van der Waals surface area contributed by atoms with E-state index < -0.39 is 5.91 Å². The van der Waals surface area contributed by atoms with E-state index in [9.17, 15) is 9.59 Å². The van der Waals surface area contributed by atoms with Crippen LogP contribution in [0.5, 0.6) is 5.75 Å². The minimum atomic E-state index is -0.444. The fraction of sp³-hybridized carbons (Fsp3) is 0.176. The molecule has 0 aliphatic rings. The van der Waals surface area contributed by atoms with Gasteiger partial charge >= 0.3 is 0 Å². The molecular weight excluding hydrogens is 348 g/mol. The van der Waals surface area contributed by atoms with Gasteiger partial charge in [-0.25, -0.2) is 0 Å². The number of aryl methyl sites for hydroxylation is 1. The molecule has 5 nitrogen and oxygen atoms in total. The molecule has 0 aliphatic heterocycles. The Bertz CT molecular complexity index is 710. The van der Waals surface area contributed by atoms with Gasteiger partial charge in [0.15, 0.2) is 6.61 Å². The lowest BCUT2D eigenvalue weighted by Crippen LogP contribution is -2.44. The van der Waals surface area contributed by atoms with Crippen molar-refractivity contribution < 1.29 is 14.3 Å². The maximum Gasteiger partial charge on any atom is 0.276 e. The smallest absolute Gasteiger partial charge is 0.276 e. The zero-order valence-corrected chi connectivity index (χ0v) is 14.6. The first-order valence-electron chi connectivity index (χ1n) is 7.19. The van der Waals surface area contributed by atoms with Crippen molar-refractivity contribution in [2.24, 2.45) is 0 Å². The van der Waals surface area contributed by atoms with Gasteiger partial charge < -0.3 is 4.74 Å². The van der Waals surface area contributed by atoms with Crippen LogP contribution in [0.1, 0.15) is 5.56 Å². The SMILES string of the molecule is Cc1cc(OCC(=O)NNC(=O)CSc2ccccc2)ccc1Cl. The Morgan fingerprint density at radius 1 is 1.08 bits per heavy atom. The Labute approximate surface area is 149 Å². The fourth-order valence-corrected chi connectivity index (χ4v) is 2.57. The summed E-state index contributed by atoms with van der Waals surface area (Å²) >= 11 is 7.30. The highest BCUT2D eigenvalue weighted by molar-refractivity contribution is 8.00. The molecule has 0 aromatic heterocycles. The maximum atomic E-state index is 11.7. The number of thioether (sulfide) groups is 1. The van der Waals surface area contributed by atoms with E-state index in [0.29, 0.717) is 10.8 Å². The van der Waals surface area contributed by atoms with Gasteiger partial charge in [-0.15, -0.1) is 11.8 Å². The molecule has 7 heteroatoms. The number of carbonyl (C=O) groups excluding carboxylic acids is 2. The summed E-state index contributed by atoms with van der Waals surface area (Å²) in [5, 5.41) is 0.634. The number of nitrogens with one attached hydrogen (secondary N) is 2. The highest BCUT2D eigenvalue weighted by Gasteiger charge is 2.07. The van der Waals surface area contributed by atoms with Crippen LogP contribution in [-0.2, 0) is 9.59 Å². The third-order valence-electron chi connectivity index (χ3n) is 2.95. The van der Waals surface area contributed by atoms with E-state index in [0.717, 1.165) is 10.5 Å². The zero-order chi connectivity index (χ0) is 17.4. The van der Waals surface area contributed by atoms with Crippen LogP contribution in [0.25, 0.3) is 0 Å². The van der Waals surface area contributed by atoms with Crippen LogP contribution in [0.3, 0.4) is 0 Å². The second kappa shape index (κ2) is 9.20. The van der Waals surface area contributed by atoms with Gasteiger partial charge in [0.2, 0.25) is 5.91 Å². The molecule has 0 unspecified atom stereocenters. The summed E-state index contributed by atoms with van der Waals surface area (Å²) in [6.07, 6.45) is 0. The Morgan fingerprint density at radius 2 is 1.79 bits per heavy atom. The minimum Gasteiger partial charge on any atom is -0.484 e. The summed E-state index contributed by atoms with van der Waals surface area (Å²) in [6.45, 7) is 1.65. The molecule has 2 N–H and O–H groups in total. The molecule has 126 valence electrons. The largest absolute Gasteiger partial charge is 0.484 e. The lowest BCUT2D eigenvalue weighted by atomic mass is 10.2. The number of rotatable bonds is 6. The van der Waals surface area contributed by atoms with Crippen LogP contribution in [0.15, 0.2) is 53.4 Å². The topological polar surface area (TPSA) is 67.4 Å². The molecule has 0 heterocycles. The molecule has 0 saturated carbocycles. The average Bonchev–Trinajstić information content (AvgIpc) is 2.60. The van der Waals surface area contributed by atoms with Crippen molar-refractivity contribution in [1.82, 2.24) is 10.9 Å². The molecule has 0 radical (unpaired) electrons. The van der Waals surface area contributed by atoms with Crippen molar-refractivity contribution >= 4 is 35.2 Å². The maximum absolute atomic E-state index is 11.7. The van der Waals surface area contributed by atoms with Crippen molar-refractivity contribution in [1.29, 1.82) is 0 Å². The molecular formula is C17H17ClN2O3S. The number of hydrogen-bond donors (Lipinski definition) is 2. The molecule has 0 fully saturated rings. The molecule has 2 rings (SSSR count). The van der Waals surface area contributed by atoms with E-state index in [1.165, 1.54) is 11.8 Å². The number of ether oxygens (including phenoxy) is 1. The lowest BCUT2D eigenvalue weighted by molar-refractivity contribution is -0.128.